The van der Waals surface area contributed by atoms with Crippen LogP contribution >= 0.6 is 27.5 Å². The van der Waals surface area contributed by atoms with Crippen molar-refractivity contribution in [2.24, 2.45) is 11.1 Å². The van der Waals surface area contributed by atoms with Crippen LogP contribution in [0.1, 0.15) is 25.7 Å². The van der Waals surface area contributed by atoms with Gasteiger partial charge in [-0.15, -0.1) is 0 Å². The van der Waals surface area contributed by atoms with Crippen LogP contribution < -0.4 is 15.8 Å². The standard InChI is InChI=1S/C14H18BrClN2O2/c1-20-12-10(15)6-9(16)7-11(12)18-13(19)14(8-17)4-2-3-5-14/h6-7H,2-5,8,17H2,1H3,(H,18,19). The molecule has 1 amide bonds. The van der Waals surface area contributed by atoms with E-state index in [1.165, 1.54) is 0 Å². The van der Waals surface area contributed by atoms with E-state index >= 15 is 0 Å². The van der Waals surface area contributed by atoms with E-state index in [0.29, 0.717) is 27.5 Å². The van der Waals surface area contributed by atoms with Crippen LogP contribution in [0, 0.1) is 5.41 Å². The minimum atomic E-state index is -0.459. The molecule has 1 aliphatic rings. The van der Waals surface area contributed by atoms with E-state index in [9.17, 15) is 4.79 Å². The van der Waals surface area contributed by atoms with Crippen LogP contribution in [-0.2, 0) is 4.79 Å². The topological polar surface area (TPSA) is 64.3 Å². The predicted molar refractivity (Wildman–Crippen MR) is 84.3 cm³/mol. The van der Waals surface area contributed by atoms with Crippen LogP contribution in [0.4, 0.5) is 5.69 Å². The molecule has 20 heavy (non-hydrogen) atoms. The Hall–Kier alpha value is -0.780. The second-order valence-electron chi connectivity index (χ2n) is 5.11. The third-order valence-corrected chi connectivity index (χ3v) is 4.70. The normalized spacial score (nSPS) is 17.0. The van der Waals surface area contributed by atoms with Gasteiger partial charge in [0, 0.05) is 11.6 Å². The van der Waals surface area contributed by atoms with Gasteiger partial charge in [-0.1, -0.05) is 24.4 Å². The van der Waals surface area contributed by atoms with Gasteiger partial charge in [0.1, 0.15) is 0 Å². The molecule has 0 spiro atoms. The highest BCUT2D eigenvalue weighted by atomic mass is 79.9. The number of hydrogen-bond acceptors (Lipinski definition) is 3. The summed E-state index contributed by atoms with van der Waals surface area (Å²) in [6.45, 7) is 0.364. The van der Waals surface area contributed by atoms with E-state index in [1.54, 1.807) is 19.2 Å². The molecule has 0 radical (unpaired) electrons. The SMILES string of the molecule is COc1c(Br)cc(Cl)cc1NC(=O)C1(CN)CCCC1. The van der Waals surface area contributed by atoms with Gasteiger partial charge >= 0.3 is 0 Å². The summed E-state index contributed by atoms with van der Waals surface area (Å²) in [6.07, 6.45) is 3.75. The third-order valence-electron chi connectivity index (χ3n) is 3.89. The first-order valence-electron chi connectivity index (χ1n) is 6.57. The minimum absolute atomic E-state index is 0.0510. The summed E-state index contributed by atoms with van der Waals surface area (Å²) < 4.78 is 6.01. The number of hydrogen-bond donors (Lipinski definition) is 2. The molecule has 1 aliphatic carbocycles. The number of rotatable bonds is 4. The van der Waals surface area contributed by atoms with Crippen molar-refractivity contribution >= 4 is 39.1 Å². The number of anilines is 1. The van der Waals surface area contributed by atoms with Crippen LogP contribution in [0.3, 0.4) is 0 Å². The first-order chi connectivity index (χ1) is 9.52. The highest BCUT2D eigenvalue weighted by molar-refractivity contribution is 9.10. The number of ether oxygens (including phenoxy) is 1. The summed E-state index contributed by atoms with van der Waals surface area (Å²) in [6, 6.07) is 3.41. The fourth-order valence-corrected chi connectivity index (χ4v) is 3.66. The Morgan fingerprint density at radius 3 is 2.70 bits per heavy atom. The van der Waals surface area contributed by atoms with Crippen LogP contribution in [0.25, 0.3) is 0 Å². The lowest BCUT2D eigenvalue weighted by Crippen LogP contribution is -2.40. The summed E-state index contributed by atoms with van der Waals surface area (Å²) >= 11 is 9.41. The van der Waals surface area contributed by atoms with Gasteiger partial charge in [-0.25, -0.2) is 0 Å². The van der Waals surface area contributed by atoms with Crippen molar-refractivity contribution in [1.82, 2.24) is 0 Å². The maximum atomic E-state index is 12.6. The smallest absolute Gasteiger partial charge is 0.231 e. The van der Waals surface area contributed by atoms with Crippen molar-refractivity contribution in [3.05, 3.63) is 21.6 Å². The molecule has 0 saturated heterocycles. The van der Waals surface area contributed by atoms with E-state index < -0.39 is 5.41 Å². The van der Waals surface area contributed by atoms with Crippen molar-refractivity contribution < 1.29 is 9.53 Å². The summed E-state index contributed by atoms with van der Waals surface area (Å²) in [4.78, 5) is 12.6. The van der Waals surface area contributed by atoms with Crippen LogP contribution in [0.5, 0.6) is 5.75 Å². The molecular formula is C14H18BrClN2O2. The van der Waals surface area contributed by atoms with Crippen molar-refractivity contribution in [1.29, 1.82) is 0 Å². The molecular weight excluding hydrogens is 344 g/mol. The van der Waals surface area contributed by atoms with E-state index in [0.717, 1.165) is 25.7 Å². The molecule has 1 fully saturated rings. The van der Waals surface area contributed by atoms with Crippen molar-refractivity contribution in [2.75, 3.05) is 19.0 Å². The molecule has 0 bridgehead atoms. The molecule has 2 rings (SSSR count). The highest BCUT2D eigenvalue weighted by Gasteiger charge is 2.40. The van der Waals surface area contributed by atoms with Gasteiger partial charge in [-0.05, 0) is 40.9 Å². The maximum absolute atomic E-state index is 12.6. The second-order valence-corrected chi connectivity index (χ2v) is 6.40. The second kappa shape index (κ2) is 6.33. The zero-order valence-electron chi connectivity index (χ0n) is 11.3. The molecule has 0 heterocycles. The van der Waals surface area contributed by atoms with E-state index in [-0.39, 0.29) is 5.91 Å². The number of benzene rings is 1. The van der Waals surface area contributed by atoms with Crippen LogP contribution in [0.2, 0.25) is 5.02 Å². The monoisotopic (exact) mass is 360 g/mol. The number of methoxy groups -OCH3 is 1. The number of amides is 1. The number of nitrogens with two attached hydrogens (primary N) is 1. The summed E-state index contributed by atoms with van der Waals surface area (Å²) in [5, 5.41) is 3.45. The molecule has 6 heteroatoms. The van der Waals surface area contributed by atoms with Gasteiger partial charge < -0.3 is 15.8 Å². The maximum Gasteiger partial charge on any atom is 0.231 e. The van der Waals surface area contributed by atoms with Crippen LogP contribution in [-0.4, -0.2) is 19.6 Å². The van der Waals surface area contributed by atoms with Crippen molar-refractivity contribution in [3.8, 4) is 5.75 Å². The number of carbonyl (C=O) groups is 1. The zero-order chi connectivity index (χ0) is 14.8. The molecule has 4 nitrogen and oxygen atoms in total. The number of halogens is 2. The van der Waals surface area contributed by atoms with Gasteiger partial charge in [0.25, 0.3) is 0 Å². The minimum Gasteiger partial charge on any atom is -0.493 e. The Labute approximate surface area is 132 Å². The van der Waals surface area contributed by atoms with E-state index in [2.05, 4.69) is 21.2 Å². The first kappa shape index (κ1) is 15.6. The molecule has 1 aromatic carbocycles. The Kier molecular flexibility index (Phi) is 4.94. The van der Waals surface area contributed by atoms with Gasteiger partial charge in [0.15, 0.2) is 5.75 Å². The van der Waals surface area contributed by atoms with Gasteiger partial charge in [0.2, 0.25) is 5.91 Å². The third kappa shape index (κ3) is 2.95. The largest absolute Gasteiger partial charge is 0.493 e. The molecule has 0 atom stereocenters. The zero-order valence-corrected chi connectivity index (χ0v) is 13.7. The summed E-state index contributed by atoms with van der Waals surface area (Å²) in [7, 11) is 1.55. The van der Waals surface area contributed by atoms with Gasteiger partial charge in [0.05, 0.1) is 22.7 Å². The molecule has 0 aliphatic heterocycles. The fraction of sp³-hybridized carbons (Fsp3) is 0.500. The average Bonchev–Trinajstić information content (AvgIpc) is 2.88. The lowest BCUT2D eigenvalue weighted by molar-refractivity contribution is -0.124. The summed E-state index contributed by atoms with van der Waals surface area (Å²) in [5.41, 5.74) is 5.93. The van der Waals surface area contributed by atoms with Gasteiger partial charge in [-0.2, -0.15) is 0 Å². The van der Waals surface area contributed by atoms with Crippen LogP contribution in [0.15, 0.2) is 16.6 Å². The average molecular weight is 362 g/mol. The molecule has 1 aromatic rings. The van der Waals surface area contributed by atoms with Gasteiger partial charge in [-0.3, -0.25) is 4.79 Å². The predicted octanol–water partition coefficient (Wildman–Crippen LogP) is 3.57. The van der Waals surface area contributed by atoms with E-state index in [1.807, 2.05) is 0 Å². The Balaban J connectivity index is 2.27. The highest BCUT2D eigenvalue weighted by Crippen LogP contribution is 2.41. The quantitative estimate of drug-likeness (QED) is 0.861. The number of carbonyl (C=O) groups excluding carboxylic acids is 1. The Morgan fingerprint density at radius 1 is 1.50 bits per heavy atom. The lowest BCUT2D eigenvalue weighted by Gasteiger charge is -2.26. The van der Waals surface area contributed by atoms with Crippen molar-refractivity contribution in [3.63, 3.8) is 0 Å². The molecule has 0 aromatic heterocycles. The summed E-state index contributed by atoms with van der Waals surface area (Å²) in [5.74, 6) is 0.512. The first-order valence-corrected chi connectivity index (χ1v) is 7.74. The lowest BCUT2D eigenvalue weighted by atomic mass is 9.85. The Bertz CT molecular complexity index is 516. The van der Waals surface area contributed by atoms with Crippen molar-refractivity contribution in [2.45, 2.75) is 25.7 Å². The fourth-order valence-electron chi connectivity index (χ4n) is 2.69. The van der Waals surface area contributed by atoms with E-state index in [4.69, 9.17) is 22.1 Å². The molecule has 110 valence electrons. The molecule has 3 N–H and O–H groups in total. The Morgan fingerprint density at radius 2 is 2.15 bits per heavy atom. The molecule has 0 unspecified atom stereocenters. The molecule has 1 saturated carbocycles. The number of nitrogens with one attached hydrogen (secondary N) is 1.